The van der Waals surface area contributed by atoms with Gasteiger partial charge in [0, 0.05) is 50.0 Å². The SMILES string of the molecule is O=C(CN1CCN(CCc2ccccc2Cl)CC1)N1CCCc2ccccc21. The molecule has 2 heterocycles. The molecule has 5 heteroatoms. The molecule has 2 aromatic carbocycles. The molecule has 1 amide bonds. The summed E-state index contributed by atoms with van der Waals surface area (Å²) < 4.78 is 0. The van der Waals surface area contributed by atoms with Crippen molar-refractivity contribution < 1.29 is 4.79 Å². The van der Waals surface area contributed by atoms with E-state index in [1.807, 2.05) is 29.2 Å². The summed E-state index contributed by atoms with van der Waals surface area (Å²) in [5.41, 5.74) is 3.62. The van der Waals surface area contributed by atoms with Gasteiger partial charge in [0.1, 0.15) is 0 Å². The lowest BCUT2D eigenvalue weighted by Crippen LogP contribution is -2.51. The van der Waals surface area contributed by atoms with E-state index < -0.39 is 0 Å². The van der Waals surface area contributed by atoms with Crippen molar-refractivity contribution in [2.75, 3.05) is 50.7 Å². The highest BCUT2D eigenvalue weighted by Gasteiger charge is 2.25. The zero-order valence-corrected chi connectivity index (χ0v) is 17.1. The second kappa shape index (κ2) is 9.08. The Morgan fingerprint density at radius 1 is 0.893 bits per heavy atom. The lowest BCUT2D eigenvalue weighted by Gasteiger charge is -2.36. The molecule has 4 nitrogen and oxygen atoms in total. The highest BCUT2D eigenvalue weighted by atomic mass is 35.5. The van der Waals surface area contributed by atoms with E-state index in [-0.39, 0.29) is 5.91 Å². The smallest absolute Gasteiger partial charge is 0.241 e. The van der Waals surface area contributed by atoms with Gasteiger partial charge in [-0.15, -0.1) is 0 Å². The Hall–Kier alpha value is -1.88. The van der Waals surface area contributed by atoms with Gasteiger partial charge < -0.3 is 9.80 Å². The number of hydrogen-bond donors (Lipinski definition) is 0. The lowest BCUT2D eigenvalue weighted by molar-refractivity contribution is -0.120. The van der Waals surface area contributed by atoms with Crippen molar-refractivity contribution in [3.63, 3.8) is 0 Å². The molecular weight excluding hydrogens is 370 g/mol. The van der Waals surface area contributed by atoms with Gasteiger partial charge in [-0.2, -0.15) is 0 Å². The third kappa shape index (κ3) is 4.57. The van der Waals surface area contributed by atoms with E-state index >= 15 is 0 Å². The molecular formula is C23H28ClN3O. The van der Waals surface area contributed by atoms with Crippen LogP contribution in [0, 0.1) is 0 Å². The molecule has 2 aliphatic rings. The maximum Gasteiger partial charge on any atom is 0.241 e. The summed E-state index contributed by atoms with van der Waals surface area (Å²) in [6, 6.07) is 16.4. The Balaban J connectivity index is 1.26. The largest absolute Gasteiger partial charge is 0.311 e. The molecule has 0 bridgehead atoms. The molecule has 0 unspecified atom stereocenters. The average molecular weight is 398 g/mol. The number of nitrogens with zero attached hydrogens (tertiary/aromatic N) is 3. The molecule has 0 saturated carbocycles. The molecule has 0 radical (unpaired) electrons. The molecule has 0 aliphatic carbocycles. The maximum atomic E-state index is 12.9. The Morgan fingerprint density at radius 3 is 2.43 bits per heavy atom. The normalized spacial score (nSPS) is 18.1. The van der Waals surface area contributed by atoms with Crippen molar-refractivity contribution in [1.82, 2.24) is 9.80 Å². The van der Waals surface area contributed by atoms with Gasteiger partial charge in [-0.3, -0.25) is 9.69 Å². The highest BCUT2D eigenvalue weighted by molar-refractivity contribution is 6.31. The van der Waals surface area contributed by atoms with Crippen LogP contribution in [0.25, 0.3) is 0 Å². The van der Waals surface area contributed by atoms with Crippen LogP contribution in [0.2, 0.25) is 5.02 Å². The van der Waals surface area contributed by atoms with E-state index in [1.54, 1.807) is 0 Å². The van der Waals surface area contributed by atoms with E-state index in [0.717, 1.165) is 69.2 Å². The van der Waals surface area contributed by atoms with Crippen molar-refractivity contribution in [1.29, 1.82) is 0 Å². The van der Waals surface area contributed by atoms with Gasteiger partial charge in [0.25, 0.3) is 0 Å². The minimum absolute atomic E-state index is 0.233. The van der Waals surface area contributed by atoms with Crippen LogP contribution in [0.15, 0.2) is 48.5 Å². The number of hydrogen-bond acceptors (Lipinski definition) is 3. The Bertz CT molecular complexity index is 817. The molecule has 148 valence electrons. The van der Waals surface area contributed by atoms with E-state index in [1.165, 1.54) is 11.1 Å². The van der Waals surface area contributed by atoms with Crippen LogP contribution in [0.5, 0.6) is 0 Å². The molecule has 28 heavy (non-hydrogen) atoms. The predicted octanol–water partition coefficient (Wildman–Crippen LogP) is 3.48. The maximum absolute atomic E-state index is 12.9. The first-order valence-electron chi connectivity index (χ1n) is 10.3. The van der Waals surface area contributed by atoms with Crippen LogP contribution in [0.4, 0.5) is 5.69 Å². The van der Waals surface area contributed by atoms with E-state index in [2.05, 4.69) is 34.1 Å². The zero-order chi connectivity index (χ0) is 19.3. The van der Waals surface area contributed by atoms with Gasteiger partial charge in [-0.1, -0.05) is 48.0 Å². The van der Waals surface area contributed by atoms with Gasteiger partial charge >= 0.3 is 0 Å². The van der Waals surface area contributed by atoms with E-state index in [0.29, 0.717) is 6.54 Å². The molecule has 0 N–H and O–H groups in total. The summed E-state index contributed by atoms with van der Waals surface area (Å²) in [6.07, 6.45) is 3.10. The summed E-state index contributed by atoms with van der Waals surface area (Å²) in [7, 11) is 0. The fourth-order valence-corrected chi connectivity index (χ4v) is 4.45. The Labute approximate surface area is 172 Å². The zero-order valence-electron chi connectivity index (χ0n) is 16.3. The highest BCUT2D eigenvalue weighted by Crippen LogP contribution is 2.26. The third-order valence-corrected chi connectivity index (χ3v) is 6.26. The summed E-state index contributed by atoms with van der Waals surface area (Å²) in [4.78, 5) is 19.7. The number of para-hydroxylation sites is 1. The van der Waals surface area contributed by atoms with Gasteiger partial charge in [0.2, 0.25) is 5.91 Å². The van der Waals surface area contributed by atoms with Crippen LogP contribution in [-0.2, 0) is 17.6 Å². The third-order valence-electron chi connectivity index (χ3n) is 5.89. The van der Waals surface area contributed by atoms with Crippen LogP contribution < -0.4 is 4.90 Å². The first-order valence-corrected chi connectivity index (χ1v) is 10.6. The van der Waals surface area contributed by atoms with Crippen molar-refractivity contribution in [2.24, 2.45) is 0 Å². The Morgan fingerprint density at radius 2 is 1.61 bits per heavy atom. The molecule has 0 spiro atoms. The number of carbonyl (C=O) groups is 1. The van der Waals surface area contributed by atoms with Crippen LogP contribution >= 0.6 is 11.6 Å². The van der Waals surface area contributed by atoms with E-state index in [4.69, 9.17) is 11.6 Å². The first-order chi connectivity index (χ1) is 13.7. The number of halogens is 1. The number of amides is 1. The van der Waals surface area contributed by atoms with Crippen LogP contribution in [0.1, 0.15) is 17.5 Å². The molecule has 0 atom stereocenters. The quantitative estimate of drug-likeness (QED) is 0.772. The Kier molecular flexibility index (Phi) is 6.30. The predicted molar refractivity (Wildman–Crippen MR) is 115 cm³/mol. The second-order valence-electron chi connectivity index (χ2n) is 7.74. The number of fused-ring (bicyclic) bond motifs is 1. The minimum Gasteiger partial charge on any atom is -0.311 e. The molecule has 4 rings (SSSR count). The summed E-state index contributed by atoms with van der Waals surface area (Å²) >= 11 is 6.26. The fourth-order valence-electron chi connectivity index (χ4n) is 4.22. The van der Waals surface area contributed by atoms with Crippen molar-refractivity contribution in [3.05, 3.63) is 64.7 Å². The number of carbonyl (C=O) groups excluding carboxylic acids is 1. The van der Waals surface area contributed by atoms with Gasteiger partial charge in [-0.25, -0.2) is 0 Å². The van der Waals surface area contributed by atoms with Gasteiger partial charge in [0.05, 0.1) is 6.54 Å². The molecule has 1 saturated heterocycles. The lowest BCUT2D eigenvalue weighted by atomic mass is 10.0. The molecule has 0 aromatic heterocycles. The van der Waals surface area contributed by atoms with Crippen molar-refractivity contribution in [3.8, 4) is 0 Å². The second-order valence-corrected chi connectivity index (χ2v) is 8.14. The molecule has 2 aromatic rings. The summed E-state index contributed by atoms with van der Waals surface area (Å²) in [5, 5.41) is 0.855. The summed E-state index contributed by atoms with van der Waals surface area (Å²) in [6.45, 7) is 6.29. The molecule has 1 fully saturated rings. The van der Waals surface area contributed by atoms with Crippen molar-refractivity contribution in [2.45, 2.75) is 19.3 Å². The number of benzene rings is 2. The summed E-state index contributed by atoms with van der Waals surface area (Å²) in [5.74, 6) is 0.233. The number of piperazine rings is 1. The van der Waals surface area contributed by atoms with Gasteiger partial charge in [0.15, 0.2) is 0 Å². The number of rotatable bonds is 5. The standard InChI is InChI=1S/C23H28ClN3O/c24-21-9-3-1-6-19(21)11-13-25-14-16-26(17-15-25)18-23(28)27-12-5-8-20-7-2-4-10-22(20)27/h1-4,6-7,9-10H,5,8,11-18H2. The van der Waals surface area contributed by atoms with Crippen LogP contribution in [-0.4, -0.2) is 61.5 Å². The monoisotopic (exact) mass is 397 g/mol. The average Bonchev–Trinajstić information content (AvgIpc) is 2.74. The molecule has 2 aliphatic heterocycles. The van der Waals surface area contributed by atoms with Gasteiger partial charge in [-0.05, 0) is 42.5 Å². The number of aryl methyl sites for hydroxylation is 1. The first kappa shape index (κ1) is 19.4. The van der Waals surface area contributed by atoms with E-state index in [9.17, 15) is 4.79 Å². The minimum atomic E-state index is 0.233. The van der Waals surface area contributed by atoms with Crippen molar-refractivity contribution >= 4 is 23.2 Å². The topological polar surface area (TPSA) is 26.8 Å². The number of anilines is 1. The fraction of sp³-hybridized carbons (Fsp3) is 0.435. The van der Waals surface area contributed by atoms with Crippen LogP contribution in [0.3, 0.4) is 0 Å².